The van der Waals surface area contributed by atoms with Crippen LogP contribution in [-0.4, -0.2) is 28.2 Å². The van der Waals surface area contributed by atoms with Crippen LogP contribution in [0, 0.1) is 6.92 Å². The maximum absolute atomic E-state index is 11.7. The Balaban J connectivity index is 1.95. The fourth-order valence-electron chi connectivity index (χ4n) is 1.71. The molecule has 24 heavy (non-hydrogen) atoms. The van der Waals surface area contributed by atoms with Gasteiger partial charge in [-0.1, -0.05) is 17.7 Å². The van der Waals surface area contributed by atoms with Gasteiger partial charge in [-0.25, -0.2) is 5.43 Å². The van der Waals surface area contributed by atoms with Crippen molar-refractivity contribution in [1.82, 2.24) is 5.43 Å². The van der Waals surface area contributed by atoms with Gasteiger partial charge >= 0.3 is 11.8 Å². The van der Waals surface area contributed by atoms with E-state index in [1.54, 1.807) is 12.1 Å². The maximum Gasteiger partial charge on any atom is 0.329 e. The average molecular weight is 348 g/mol. The van der Waals surface area contributed by atoms with E-state index in [-0.39, 0.29) is 17.1 Å². The number of carbonyl (C=O) groups excluding carboxylic acids is 2. The summed E-state index contributed by atoms with van der Waals surface area (Å²) in [7, 11) is 0. The van der Waals surface area contributed by atoms with Crippen molar-refractivity contribution in [3.63, 3.8) is 0 Å². The molecule has 0 unspecified atom stereocenters. The molecule has 0 bridgehead atoms. The van der Waals surface area contributed by atoms with Gasteiger partial charge in [-0.15, -0.1) is 0 Å². The number of nitrogens with zero attached hydrogens (tertiary/aromatic N) is 1. The van der Waals surface area contributed by atoms with Gasteiger partial charge in [0.2, 0.25) is 0 Å². The van der Waals surface area contributed by atoms with E-state index in [2.05, 4.69) is 10.4 Å². The van der Waals surface area contributed by atoms with Gasteiger partial charge in [0, 0.05) is 22.3 Å². The van der Waals surface area contributed by atoms with E-state index in [9.17, 15) is 14.7 Å². The first-order chi connectivity index (χ1) is 11.4. The zero-order valence-corrected chi connectivity index (χ0v) is 13.3. The van der Waals surface area contributed by atoms with Crippen LogP contribution in [0.4, 0.5) is 5.69 Å². The third kappa shape index (κ3) is 4.47. The first-order valence-electron chi connectivity index (χ1n) is 6.79. The van der Waals surface area contributed by atoms with Crippen LogP contribution in [0.1, 0.15) is 11.1 Å². The SMILES string of the molecule is Cc1ccc(NC(=O)C(=O)NN=Cc2ccc(O)cc2O)cc1Cl. The third-order valence-electron chi connectivity index (χ3n) is 3.02. The number of hydrogen-bond acceptors (Lipinski definition) is 5. The number of carbonyl (C=O) groups is 2. The molecule has 2 amide bonds. The number of anilines is 1. The highest BCUT2D eigenvalue weighted by Gasteiger charge is 2.13. The predicted molar refractivity (Wildman–Crippen MR) is 90.3 cm³/mol. The van der Waals surface area contributed by atoms with Crippen LogP contribution in [0.25, 0.3) is 0 Å². The van der Waals surface area contributed by atoms with Crippen LogP contribution >= 0.6 is 11.6 Å². The molecule has 0 spiro atoms. The summed E-state index contributed by atoms with van der Waals surface area (Å²) < 4.78 is 0. The third-order valence-corrected chi connectivity index (χ3v) is 3.43. The fourth-order valence-corrected chi connectivity index (χ4v) is 1.89. The molecule has 4 N–H and O–H groups in total. The molecule has 0 radical (unpaired) electrons. The summed E-state index contributed by atoms with van der Waals surface area (Å²) in [6, 6.07) is 8.72. The zero-order chi connectivity index (χ0) is 17.7. The van der Waals surface area contributed by atoms with E-state index >= 15 is 0 Å². The summed E-state index contributed by atoms with van der Waals surface area (Å²) >= 11 is 5.94. The molecule has 2 rings (SSSR count). The Kier molecular flexibility index (Phi) is 5.39. The van der Waals surface area contributed by atoms with Gasteiger partial charge in [0.25, 0.3) is 0 Å². The molecule has 124 valence electrons. The van der Waals surface area contributed by atoms with E-state index in [4.69, 9.17) is 16.7 Å². The van der Waals surface area contributed by atoms with Crippen molar-refractivity contribution in [3.8, 4) is 11.5 Å². The van der Waals surface area contributed by atoms with Gasteiger partial charge in [-0.05, 0) is 36.8 Å². The minimum absolute atomic E-state index is 0.107. The van der Waals surface area contributed by atoms with Crippen molar-refractivity contribution < 1.29 is 19.8 Å². The summed E-state index contributed by atoms with van der Waals surface area (Å²) in [5.41, 5.74) is 3.52. The summed E-state index contributed by atoms with van der Waals surface area (Å²) in [6.45, 7) is 1.81. The number of aromatic hydroxyl groups is 2. The second-order valence-corrected chi connectivity index (χ2v) is 5.27. The highest BCUT2D eigenvalue weighted by Crippen LogP contribution is 2.21. The van der Waals surface area contributed by atoms with Crippen molar-refractivity contribution in [3.05, 3.63) is 52.5 Å². The minimum atomic E-state index is -0.985. The summed E-state index contributed by atoms with van der Waals surface area (Å²) in [5.74, 6) is -2.22. The van der Waals surface area contributed by atoms with Crippen LogP contribution in [0.2, 0.25) is 5.02 Å². The van der Waals surface area contributed by atoms with Gasteiger partial charge in [0.15, 0.2) is 0 Å². The topological polar surface area (TPSA) is 111 Å². The number of hydrazone groups is 1. The molecule has 0 aromatic heterocycles. The smallest absolute Gasteiger partial charge is 0.329 e. The average Bonchev–Trinajstić information content (AvgIpc) is 2.53. The number of halogens is 1. The first-order valence-corrected chi connectivity index (χ1v) is 7.17. The number of benzene rings is 2. The molecule has 0 saturated heterocycles. The lowest BCUT2D eigenvalue weighted by Gasteiger charge is -2.05. The molecule has 7 nitrogen and oxygen atoms in total. The Morgan fingerprint density at radius 1 is 1.12 bits per heavy atom. The molecule has 0 aliphatic heterocycles. The lowest BCUT2D eigenvalue weighted by molar-refractivity contribution is -0.136. The van der Waals surface area contributed by atoms with E-state index in [0.29, 0.717) is 10.7 Å². The van der Waals surface area contributed by atoms with Crippen LogP contribution < -0.4 is 10.7 Å². The number of phenols is 2. The van der Waals surface area contributed by atoms with Crippen molar-refractivity contribution in [1.29, 1.82) is 0 Å². The molecule has 0 atom stereocenters. The molecule has 0 aliphatic rings. The van der Waals surface area contributed by atoms with Crippen LogP contribution in [-0.2, 0) is 9.59 Å². The number of amides is 2. The minimum Gasteiger partial charge on any atom is -0.508 e. The molecular weight excluding hydrogens is 334 g/mol. The number of hydrogen-bond donors (Lipinski definition) is 4. The van der Waals surface area contributed by atoms with Crippen LogP contribution in [0.15, 0.2) is 41.5 Å². The molecule has 8 heteroatoms. The van der Waals surface area contributed by atoms with E-state index in [1.165, 1.54) is 18.2 Å². The van der Waals surface area contributed by atoms with E-state index < -0.39 is 11.8 Å². The molecule has 2 aromatic carbocycles. The lowest BCUT2D eigenvalue weighted by atomic mass is 10.2. The quantitative estimate of drug-likeness (QED) is 0.387. The summed E-state index contributed by atoms with van der Waals surface area (Å²) in [5, 5.41) is 25.1. The van der Waals surface area contributed by atoms with E-state index in [0.717, 1.165) is 17.8 Å². The summed E-state index contributed by atoms with van der Waals surface area (Å²) in [4.78, 5) is 23.4. The predicted octanol–water partition coefficient (Wildman–Crippen LogP) is 2.15. The van der Waals surface area contributed by atoms with Crippen LogP contribution in [0.5, 0.6) is 11.5 Å². The monoisotopic (exact) mass is 347 g/mol. The fraction of sp³-hybridized carbons (Fsp3) is 0.0625. The van der Waals surface area contributed by atoms with Crippen LogP contribution in [0.3, 0.4) is 0 Å². The molecule has 0 saturated carbocycles. The Labute approximate surface area is 142 Å². The largest absolute Gasteiger partial charge is 0.508 e. The highest BCUT2D eigenvalue weighted by molar-refractivity contribution is 6.39. The van der Waals surface area contributed by atoms with Crippen molar-refractivity contribution in [2.75, 3.05) is 5.32 Å². The van der Waals surface area contributed by atoms with Gasteiger partial charge in [-0.2, -0.15) is 5.10 Å². The van der Waals surface area contributed by atoms with Gasteiger partial charge < -0.3 is 15.5 Å². The van der Waals surface area contributed by atoms with Crippen molar-refractivity contribution >= 4 is 35.3 Å². The van der Waals surface area contributed by atoms with Crippen molar-refractivity contribution in [2.45, 2.75) is 6.92 Å². The zero-order valence-electron chi connectivity index (χ0n) is 12.6. The van der Waals surface area contributed by atoms with Gasteiger partial charge in [-0.3, -0.25) is 9.59 Å². The standard InChI is InChI=1S/C16H14ClN3O4/c1-9-2-4-11(6-13(9)17)19-15(23)16(24)20-18-8-10-3-5-12(21)7-14(10)22/h2-8,21-22H,1H3,(H,19,23)(H,20,24). The van der Waals surface area contributed by atoms with Gasteiger partial charge in [0.1, 0.15) is 11.5 Å². The summed E-state index contributed by atoms with van der Waals surface area (Å²) in [6.07, 6.45) is 1.14. The number of phenolic OH excluding ortho intramolecular Hbond substituents is 2. The molecular formula is C16H14ClN3O4. The number of rotatable bonds is 3. The molecule has 0 heterocycles. The molecule has 0 aliphatic carbocycles. The first kappa shape index (κ1) is 17.3. The Hall–Kier alpha value is -3.06. The normalized spacial score (nSPS) is 10.6. The number of nitrogens with one attached hydrogen (secondary N) is 2. The highest BCUT2D eigenvalue weighted by atomic mass is 35.5. The second kappa shape index (κ2) is 7.47. The Morgan fingerprint density at radius 2 is 1.88 bits per heavy atom. The molecule has 2 aromatic rings. The lowest BCUT2D eigenvalue weighted by Crippen LogP contribution is -2.32. The second-order valence-electron chi connectivity index (χ2n) is 4.86. The Bertz CT molecular complexity index is 821. The Morgan fingerprint density at radius 3 is 2.54 bits per heavy atom. The maximum atomic E-state index is 11.7. The van der Waals surface area contributed by atoms with Gasteiger partial charge in [0.05, 0.1) is 6.21 Å². The van der Waals surface area contributed by atoms with E-state index in [1.807, 2.05) is 12.3 Å². The number of aryl methyl sites for hydroxylation is 1. The molecule has 0 fully saturated rings. The van der Waals surface area contributed by atoms with Crippen molar-refractivity contribution in [2.24, 2.45) is 5.10 Å².